The van der Waals surface area contributed by atoms with E-state index in [0.29, 0.717) is 6.54 Å². The van der Waals surface area contributed by atoms with Gasteiger partial charge in [0, 0.05) is 30.0 Å². The van der Waals surface area contributed by atoms with Gasteiger partial charge in [0.15, 0.2) is 5.13 Å². The van der Waals surface area contributed by atoms with Gasteiger partial charge in [0.05, 0.1) is 6.26 Å². The average Bonchev–Trinajstić information content (AvgIpc) is 3.07. The molecule has 0 spiro atoms. The summed E-state index contributed by atoms with van der Waals surface area (Å²) in [6, 6.07) is 0. The molecule has 0 unspecified atom stereocenters. The van der Waals surface area contributed by atoms with E-state index in [-0.39, 0.29) is 0 Å². The highest BCUT2D eigenvalue weighted by molar-refractivity contribution is 7.88. The first-order chi connectivity index (χ1) is 10.0. The molecule has 0 radical (unpaired) electrons. The molecule has 2 aromatic rings. The van der Waals surface area contributed by atoms with E-state index in [1.54, 1.807) is 28.9 Å². The molecule has 0 bridgehead atoms. The average molecular weight is 347 g/mol. The third-order valence-corrected chi connectivity index (χ3v) is 4.97. The van der Waals surface area contributed by atoms with Crippen molar-refractivity contribution < 1.29 is 8.42 Å². The van der Waals surface area contributed by atoms with Crippen molar-refractivity contribution in [3.63, 3.8) is 0 Å². The van der Waals surface area contributed by atoms with Crippen molar-refractivity contribution in [2.45, 2.75) is 19.3 Å². The van der Waals surface area contributed by atoms with Crippen LogP contribution in [0.5, 0.6) is 0 Å². The number of rotatable bonds is 9. The number of sulfonamides is 1. The van der Waals surface area contributed by atoms with Crippen LogP contribution in [0, 0.1) is 0 Å². The highest BCUT2D eigenvalue weighted by atomic mass is 32.2. The zero-order valence-corrected chi connectivity index (χ0v) is 14.2. The lowest BCUT2D eigenvalue weighted by molar-refractivity contribution is 0.581. The lowest BCUT2D eigenvalue weighted by atomic mass is 10.2. The fourth-order valence-electron chi connectivity index (χ4n) is 1.68. The van der Waals surface area contributed by atoms with Gasteiger partial charge in [0.1, 0.15) is 10.7 Å². The first kappa shape index (κ1) is 16.3. The maximum atomic E-state index is 10.9. The highest BCUT2D eigenvalue weighted by Gasteiger charge is 2.06. The quantitative estimate of drug-likeness (QED) is 0.681. The predicted molar refractivity (Wildman–Crippen MR) is 88.4 cm³/mol. The molecule has 0 aliphatic carbocycles. The van der Waals surface area contributed by atoms with Crippen LogP contribution in [0.2, 0.25) is 0 Å². The summed E-state index contributed by atoms with van der Waals surface area (Å²) in [5.41, 5.74) is 0.912. The number of nitrogens with one attached hydrogen (secondary N) is 2. The smallest absolute Gasteiger partial charge is 0.208 e. The van der Waals surface area contributed by atoms with Gasteiger partial charge in [-0.25, -0.2) is 23.1 Å². The minimum absolute atomic E-state index is 0.504. The van der Waals surface area contributed by atoms with E-state index in [1.165, 1.54) is 6.26 Å². The summed E-state index contributed by atoms with van der Waals surface area (Å²) in [5, 5.41) is 9.05. The summed E-state index contributed by atoms with van der Waals surface area (Å²) >= 11 is 3.15. The van der Waals surface area contributed by atoms with Gasteiger partial charge in [0.2, 0.25) is 10.0 Å². The Morgan fingerprint density at radius 3 is 2.71 bits per heavy atom. The minimum atomic E-state index is -3.06. The summed E-state index contributed by atoms with van der Waals surface area (Å²) in [6.45, 7) is 1.34. The molecule has 0 saturated heterocycles. The van der Waals surface area contributed by atoms with Gasteiger partial charge in [-0.2, -0.15) is 0 Å². The van der Waals surface area contributed by atoms with Crippen LogP contribution >= 0.6 is 22.7 Å². The fraction of sp³-hybridized carbons (Fsp3) is 0.500. The van der Waals surface area contributed by atoms with Crippen LogP contribution in [-0.2, 0) is 10.0 Å². The minimum Gasteiger partial charge on any atom is -0.362 e. The summed E-state index contributed by atoms with van der Waals surface area (Å²) in [7, 11) is -3.06. The zero-order chi connectivity index (χ0) is 15.1. The van der Waals surface area contributed by atoms with E-state index in [2.05, 4.69) is 20.0 Å². The van der Waals surface area contributed by atoms with Gasteiger partial charge >= 0.3 is 0 Å². The van der Waals surface area contributed by atoms with E-state index in [1.807, 2.05) is 10.8 Å². The molecule has 2 N–H and O–H groups in total. The van der Waals surface area contributed by atoms with E-state index >= 15 is 0 Å². The van der Waals surface area contributed by atoms with Crippen molar-refractivity contribution in [3.05, 3.63) is 17.0 Å². The van der Waals surface area contributed by atoms with E-state index < -0.39 is 10.0 Å². The first-order valence-corrected chi connectivity index (χ1v) is 10.2. The largest absolute Gasteiger partial charge is 0.362 e. The molecule has 0 atom stereocenters. The van der Waals surface area contributed by atoms with Crippen LogP contribution in [0.1, 0.15) is 19.3 Å². The fourth-order valence-corrected chi connectivity index (χ4v) is 3.59. The second-order valence-electron chi connectivity index (χ2n) is 4.53. The maximum Gasteiger partial charge on any atom is 0.208 e. The van der Waals surface area contributed by atoms with Gasteiger partial charge in [0.25, 0.3) is 0 Å². The van der Waals surface area contributed by atoms with Crippen LogP contribution in [0.3, 0.4) is 0 Å². The Labute approximate surface area is 132 Å². The summed E-state index contributed by atoms with van der Waals surface area (Å²) < 4.78 is 24.2. The van der Waals surface area contributed by atoms with Crippen LogP contribution in [0.25, 0.3) is 10.7 Å². The Kier molecular flexibility index (Phi) is 6.09. The highest BCUT2D eigenvalue weighted by Crippen LogP contribution is 2.26. The van der Waals surface area contributed by atoms with Crippen molar-refractivity contribution in [3.8, 4) is 10.7 Å². The van der Waals surface area contributed by atoms with Crippen LogP contribution in [0.15, 0.2) is 17.0 Å². The van der Waals surface area contributed by atoms with Crippen molar-refractivity contribution in [2.24, 2.45) is 0 Å². The molecule has 0 aliphatic heterocycles. The Morgan fingerprint density at radius 2 is 2.00 bits per heavy atom. The molecular weight excluding hydrogens is 328 g/mol. The molecule has 0 fully saturated rings. The third-order valence-electron chi connectivity index (χ3n) is 2.65. The Hall–Kier alpha value is -1.03. The van der Waals surface area contributed by atoms with Gasteiger partial charge in [-0.05, 0) is 12.8 Å². The molecule has 2 heterocycles. The number of hydrogen-bond acceptors (Lipinski definition) is 7. The maximum absolute atomic E-state index is 10.9. The van der Waals surface area contributed by atoms with Crippen LogP contribution < -0.4 is 10.0 Å². The zero-order valence-electron chi connectivity index (χ0n) is 11.7. The Balaban J connectivity index is 1.61. The van der Waals surface area contributed by atoms with Gasteiger partial charge in [-0.1, -0.05) is 6.42 Å². The molecule has 0 amide bonds. The van der Waals surface area contributed by atoms with E-state index in [4.69, 9.17) is 0 Å². The number of aromatic nitrogens is 2. The summed E-state index contributed by atoms with van der Waals surface area (Å²) in [4.78, 5) is 8.71. The van der Waals surface area contributed by atoms with Crippen LogP contribution in [-0.4, -0.2) is 37.7 Å². The van der Waals surface area contributed by atoms with Gasteiger partial charge < -0.3 is 5.32 Å². The summed E-state index contributed by atoms with van der Waals surface area (Å²) in [6.07, 6.45) is 5.75. The second kappa shape index (κ2) is 7.83. The molecule has 2 aromatic heterocycles. The van der Waals surface area contributed by atoms with E-state index in [9.17, 15) is 8.42 Å². The normalized spacial score (nSPS) is 11.7. The SMILES string of the molecule is CS(=O)(=O)NCCCCCNc1nc(-c2nccs2)cs1. The summed E-state index contributed by atoms with van der Waals surface area (Å²) in [5.74, 6) is 0. The van der Waals surface area contributed by atoms with Crippen molar-refractivity contribution in [1.82, 2.24) is 14.7 Å². The monoisotopic (exact) mass is 346 g/mol. The topological polar surface area (TPSA) is 84.0 Å². The number of nitrogens with zero attached hydrogens (tertiary/aromatic N) is 2. The Morgan fingerprint density at radius 1 is 1.19 bits per heavy atom. The van der Waals surface area contributed by atoms with Crippen LogP contribution in [0.4, 0.5) is 5.13 Å². The Bertz CT molecular complexity index is 637. The molecule has 9 heteroatoms. The van der Waals surface area contributed by atoms with E-state index in [0.717, 1.165) is 41.6 Å². The standard InChI is InChI=1S/C12H18N4O2S3/c1-21(17,18)15-6-4-2-3-5-14-12-16-10(9-20-12)11-13-7-8-19-11/h7-9,15H,2-6H2,1H3,(H,14,16). The molecule has 0 aromatic carbocycles. The molecule has 0 saturated carbocycles. The van der Waals surface area contributed by atoms with Crippen molar-refractivity contribution >= 4 is 37.8 Å². The third kappa shape index (κ3) is 6.08. The molecule has 21 heavy (non-hydrogen) atoms. The van der Waals surface area contributed by atoms with Gasteiger partial charge in [-0.3, -0.25) is 0 Å². The second-order valence-corrected chi connectivity index (χ2v) is 8.11. The van der Waals surface area contributed by atoms with Crippen molar-refractivity contribution in [2.75, 3.05) is 24.7 Å². The number of hydrogen-bond donors (Lipinski definition) is 2. The molecule has 0 aliphatic rings. The number of unbranched alkanes of at least 4 members (excludes halogenated alkanes) is 2. The molecular formula is C12H18N4O2S3. The van der Waals surface area contributed by atoms with Crippen molar-refractivity contribution in [1.29, 1.82) is 0 Å². The molecule has 6 nitrogen and oxygen atoms in total. The number of thiazole rings is 2. The lowest BCUT2D eigenvalue weighted by Gasteiger charge is -2.03. The molecule has 2 rings (SSSR count). The molecule has 116 valence electrons. The number of anilines is 1. The van der Waals surface area contributed by atoms with Gasteiger partial charge in [-0.15, -0.1) is 22.7 Å². The lowest BCUT2D eigenvalue weighted by Crippen LogP contribution is -2.22. The first-order valence-electron chi connectivity index (χ1n) is 6.58. The predicted octanol–water partition coefficient (Wildman–Crippen LogP) is 2.40.